The van der Waals surface area contributed by atoms with Gasteiger partial charge in [0.15, 0.2) is 0 Å². The van der Waals surface area contributed by atoms with Crippen LogP contribution in [-0.4, -0.2) is 16.7 Å². The number of nitro groups is 1. The summed E-state index contributed by atoms with van der Waals surface area (Å²) in [5.41, 5.74) is 0.781. The van der Waals surface area contributed by atoms with Crippen LogP contribution in [0.4, 0.5) is 17.1 Å². The van der Waals surface area contributed by atoms with E-state index in [-0.39, 0.29) is 17.2 Å². The quantitative estimate of drug-likeness (QED) is 0.522. The molecule has 0 bridgehead atoms. The van der Waals surface area contributed by atoms with Gasteiger partial charge in [0.1, 0.15) is 0 Å². The van der Waals surface area contributed by atoms with E-state index in [4.69, 9.17) is 0 Å². The van der Waals surface area contributed by atoms with Crippen LogP contribution in [0.3, 0.4) is 0 Å². The lowest BCUT2D eigenvalue weighted by Crippen LogP contribution is -2.17. The van der Waals surface area contributed by atoms with Gasteiger partial charge in [-0.05, 0) is 29.6 Å². The van der Waals surface area contributed by atoms with Crippen molar-refractivity contribution in [2.24, 2.45) is 0 Å². The van der Waals surface area contributed by atoms with E-state index in [2.05, 4.69) is 10.6 Å². The Kier molecular flexibility index (Phi) is 5.04. The highest BCUT2D eigenvalue weighted by molar-refractivity contribution is 7.12. The first-order valence-corrected chi connectivity index (χ1v) is 8.42. The first-order chi connectivity index (χ1) is 12.5. The molecular weight excluding hydrogens is 354 g/mol. The van der Waals surface area contributed by atoms with E-state index >= 15 is 0 Å². The van der Waals surface area contributed by atoms with Gasteiger partial charge in [0.05, 0.1) is 21.1 Å². The van der Waals surface area contributed by atoms with Crippen LogP contribution in [0.1, 0.15) is 20.0 Å². The molecule has 2 aromatic carbocycles. The third kappa shape index (κ3) is 3.93. The molecule has 0 aliphatic rings. The molecule has 0 radical (unpaired) electrons. The van der Waals surface area contributed by atoms with Gasteiger partial charge in [-0.25, -0.2) is 0 Å². The number of non-ortho nitro benzene ring substituents is 1. The van der Waals surface area contributed by atoms with Gasteiger partial charge in [-0.2, -0.15) is 0 Å². The van der Waals surface area contributed by atoms with Gasteiger partial charge in [-0.15, -0.1) is 11.3 Å². The maximum Gasteiger partial charge on any atom is 0.271 e. The zero-order valence-corrected chi connectivity index (χ0v) is 14.2. The number of amides is 2. The lowest BCUT2D eigenvalue weighted by Gasteiger charge is -2.11. The van der Waals surface area contributed by atoms with E-state index in [1.54, 1.807) is 47.8 Å². The number of nitro benzene ring substituents is 1. The van der Waals surface area contributed by atoms with Crippen molar-refractivity contribution in [3.8, 4) is 0 Å². The van der Waals surface area contributed by atoms with E-state index in [1.807, 2.05) is 0 Å². The van der Waals surface area contributed by atoms with Crippen LogP contribution >= 0.6 is 11.3 Å². The summed E-state index contributed by atoms with van der Waals surface area (Å²) in [5, 5.41) is 18.0. The summed E-state index contributed by atoms with van der Waals surface area (Å²) in [5.74, 6) is -0.789. The first-order valence-electron chi connectivity index (χ1n) is 7.54. The van der Waals surface area contributed by atoms with Crippen LogP contribution in [0, 0.1) is 10.1 Å². The number of rotatable bonds is 5. The lowest BCUT2D eigenvalue weighted by atomic mass is 10.1. The molecule has 0 fully saturated rings. The molecule has 0 saturated heterocycles. The average molecular weight is 367 g/mol. The lowest BCUT2D eigenvalue weighted by molar-refractivity contribution is -0.384. The third-order valence-corrected chi connectivity index (χ3v) is 4.35. The van der Waals surface area contributed by atoms with Crippen LogP contribution in [0.25, 0.3) is 0 Å². The summed E-state index contributed by atoms with van der Waals surface area (Å²) in [6.07, 6.45) is 0. The molecule has 26 heavy (non-hydrogen) atoms. The standard InChI is InChI=1S/C18H13N3O4S/c22-17(19-12-5-3-6-13(11-12)21(24)25)14-7-1-2-8-15(14)20-18(23)16-9-4-10-26-16/h1-11H,(H,19,22)(H,20,23). The Balaban J connectivity index is 1.81. The minimum atomic E-state index is -0.537. The Hall–Kier alpha value is -3.52. The predicted molar refractivity (Wildman–Crippen MR) is 99.8 cm³/mol. The number of nitrogens with zero attached hydrogens (tertiary/aromatic N) is 1. The summed E-state index contributed by atoms with van der Waals surface area (Å²) in [6.45, 7) is 0. The van der Waals surface area contributed by atoms with Crippen LogP contribution < -0.4 is 10.6 Å². The molecule has 2 N–H and O–H groups in total. The van der Waals surface area contributed by atoms with Crippen molar-refractivity contribution in [1.82, 2.24) is 0 Å². The molecule has 2 amide bonds. The van der Waals surface area contributed by atoms with Gasteiger partial charge in [0.2, 0.25) is 0 Å². The molecule has 8 heteroatoms. The number of para-hydroxylation sites is 1. The average Bonchev–Trinajstić information content (AvgIpc) is 3.17. The molecule has 1 aromatic heterocycles. The van der Waals surface area contributed by atoms with Crippen LogP contribution in [-0.2, 0) is 0 Å². The van der Waals surface area contributed by atoms with Crippen molar-refractivity contribution >= 4 is 40.2 Å². The SMILES string of the molecule is O=C(Nc1ccccc1C(=O)Nc1cccc([N+](=O)[O-])c1)c1cccs1. The zero-order chi connectivity index (χ0) is 18.5. The number of thiophene rings is 1. The normalized spacial score (nSPS) is 10.2. The highest BCUT2D eigenvalue weighted by Gasteiger charge is 2.15. The molecule has 3 rings (SSSR count). The summed E-state index contributed by atoms with van der Waals surface area (Å²) in [4.78, 5) is 35.6. The summed E-state index contributed by atoms with van der Waals surface area (Å²) < 4.78 is 0. The number of nitrogens with one attached hydrogen (secondary N) is 2. The fraction of sp³-hybridized carbons (Fsp3) is 0. The monoisotopic (exact) mass is 367 g/mol. The molecule has 1 heterocycles. The van der Waals surface area contributed by atoms with Crippen molar-refractivity contribution in [2.75, 3.05) is 10.6 Å². The molecule has 0 atom stereocenters. The fourth-order valence-electron chi connectivity index (χ4n) is 2.28. The molecule has 0 aliphatic carbocycles. The van der Waals surface area contributed by atoms with Crippen molar-refractivity contribution in [2.45, 2.75) is 0 Å². The van der Waals surface area contributed by atoms with Crippen molar-refractivity contribution < 1.29 is 14.5 Å². The predicted octanol–water partition coefficient (Wildman–Crippen LogP) is 4.16. The zero-order valence-electron chi connectivity index (χ0n) is 13.3. The van der Waals surface area contributed by atoms with Crippen molar-refractivity contribution in [3.05, 3.63) is 86.6 Å². The van der Waals surface area contributed by atoms with E-state index < -0.39 is 10.8 Å². The molecule has 0 unspecified atom stereocenters. The molecule has 0 aliphatic heterocycles. The second-order valence-electron chi connectivity index (χ2n) is 5.24. The minimum absolute atomic E-state index is 0.123. The van der Waals surface area contributed by atoms with Crippen LogP contribution in [0.15, 0.2) is 66.0 Å². The summed E-state index contributed by atoms with van der Waals surface area (Å²) in [7, 11) is 0. The Labute approximate surface area is 152 Å². The molecular formula is C18H13N3O4S. The first kappa shape index (κ1) is 17.3. The summed E-state index contributed by atoms with van der Waals surface area (Å²) >= 11 is 1.30. The van der Waals surface area contributed by atoms with Crippen molar-refractivity contribution in [1.29, 1.82) is 0 Å². The maximum atomic E-state index is 12.6. The largest absolute Gasteiger partial charge is 0.322 e. The topological polar surface area (TPSA) is 101 Å². The fourth-order valence-corrected chi connectivity index (χ4v) is 2.90. The van der Waals surface area contributed by atoms with Gasteiger partial charge < -0.3 is 10.6 Å². The van der Waals surface area contributed by atoms with E-state index in [0.717, 1.165) is 0 Å². The molecule has 130 valence electrons. The third-order valence-electron chi connectivity index (χ3n) is 3.48. The van der Waals surface area contributed by atoms with Gasteiger partial charge in [0, 0.05) is 17.8 Å². The highest BCUT2D eigenvalue weighted by Crippen LogP contribution is 2.21. The smallest absolute Gasteiger partial charge is 0.271 e. The van der Waals surface area contributed by atoms with Gasteiger partial charge in [-0.3, -0.25) is 19.7 Å². The number of anilines is 2. The Morgan fingerprint density at radius 1 is 0.923 bits per heavy atom. The number of carbonyl (C=O) groups is 2. The minimum Gasteiger partial charge on any atom is -0.322 e. The van der Waals surface area contributed by atoms with Gasteiger partial charge >= 0.3 is 0 Å². The Morgan fingerprint density at radius 3 is 2.46 bits per heavy atom. The molecule has 3 aromatic rings. The van der Waals surface area contributed by atoms with Crippen LogP contribution in [0.2, 0.25) is 0 Å². The van der Waals surface area contributed by atoms with E-state index in [1.165, 1.54) is 29.5 Å². The number of benzene rings is 2. The Morgan fingerprint density at radius 2 is 1.73 bits per heavy atom. The molecule has 7 nitrogen and oxygen atoms in total. The second-order valence-corrected chi connectivity index (χ2v) is 6.19. The molecule has 0 saturated carbocycles. The maximum absolute atomic E-state index is 12.6. The number of carbonyl (C=O) groups excluding carboxylic acids is 2. The van der Waals surface area contributed by atoms with Gasteiger partial charge in [-0.1, -0.05) is 24.3 Å². The van der Waals surface area contributed by atoms with Crippen LogP contribution in [0.5, 0.6) is 0 Å². The Bertz CT molecular complexity index is 970. The van der Waals surface area contributed by atoms with Crippen molar-refractivity contribution in [3.63, 3.8) is 0 Å². The molecule has 0 spiro atoms. The van der Waals surface area contributed by atoms with E-state index in [9.17, 15) is 19.7 Å². The second kappa shape index (κ2) is 7.58. The van der Waals surface area contributed by atoms with E-state index in [0.29, 0.717) is 16.3 Å². The number of hydrogen-bond donors (Lipinski definition) is 2. The summed E-state index contributed by atoms with van der Waals surface area (Å²) in [6, 6.07) is 15.7. The number of hydrogen-bond acceptors (Lipinski definition) is 5. The van der Waals surface area contributed by atoms with Gasteiger partial charge in [0.25, 0.3) is 17.5 Å². The highest BCUT2D eigenvalue weighted by atomic mass is 32.1.